The lowest BCUT2D eigenvalue weighted by molar-refractivity contribution is 0.0696. The maximum atomic E-state index is 10.7. The number of rotatable bonds is 4. The van der Waals surface area contributed by atoms with Crippen LogP contribution in [0, 0.1) is 5.92 Å². The van der Waals surface area contributed by atoms with E-state index in [-0.39, 0.29) is 10.6 Å². The van der Waals surface area contributed by atoms with Crippen LogP contribution in [0.25, 0.3) is 0 Å². The van der Waals surface area contributed by atoms with Gasteiger partial charge < -0.3 is 9.84 Å². The van der Waals surface area contributed by atoms with Crippen molar-refractivity contribution in [1.82, 2.24) is 0 Å². The molecule has 0 aromatic heterocycles. The summed E-state index contributed by atoms with van der Waals surface area (Å²) in [6.07, 6.45) is 2.35. The SMILES string of the molecule is O=C(O)c1cccc(OC(Br)C2CC2)c1. The summed E-state index contributed by atoms with van der Waals surface area (Å²) >= 11 is 3.43. The first-order chi connectivity index (χ1) is 7.16. The Morgan fingerprint density at radius 2 is 2.27 bits per heavy atom. The van der Waals surface area contributed by atoms with Crippen LogP contribution in [0.3, 0.4) is 0 Å². The Labute approximate surface area is 96.2 Å². The minimum Gasteiger partial charge on any atom is -0.479 e. The highest BCUT2D eigenvalue weighted by Crippen LogP contribution is 2.37. The van der Waals surface area contributed by atoms with E-state index in [4.69, 9.17) is 9.84 Å². The lowest BCUT2D eigenvalue weighted by Crippen LogP contribution is -2.10. The number of hydrogen-bond acceptors (Lipinski definition) is 2. The van der Waals surface area contributed by atoms with E-state index in [1.807, 2.05) is 0 Å². The van der Waals surface area contributed by atoms with E-state index < -0.39 is 5.97 Å². The van der Waals surface area contributed by atoms with Crippen molar-refractivity contribution < 1.29 is 14.6 Å². The number of halogens is 1. The first-order valence-corrected chi connectivity index (χ1v) is 5.72. The van der Waals surface area contributed by atoms with Crippen LogP contribution in [-0.2, 0) is 0 Å². The summed E-state index contributed by atoms with van der Waals surface area (Å²) < 4.78 is 5.58. The van der Waals surface area contributed by atoms with Gasteiger partial charge in [0.1, 0.15) is 5.75 Å². The lowest BCUT2D eigenvalue weighted by atomic mass is 10.2. The molecule has 1 fully saturated rings. The van der Waals surface area contributed by atoms with Crippen LogP contribution in [0.2, 0.25) is 0 Å². The average Bonchev–Trinajstić information content (AvgIpc) is 3.01. The van der Waals surface area contributed by atoms with Crippen LogP contribution in [0.5, 0.6) is 5.75 Å². The van der Waals surface area contributed by atoms with Crippen molar-refractivity contribution in [1.29, 1.82) is 0 Å². The monoisotopic (exact) mass is 270 g/mol. The minimum atomic E-state index is -0.932. The van der Waals surface area contributed by atoms with Crippen molar-refractivity contribution in [2.24, 2.45) is 5.92 Å². The third-order valence-electron chi connectivity index (χ3n) is 2.32. The van der Waals surface area contributed by atoms with E-state index in [1.54, 1.807) is 24.3 Å². The van der Waals surface area contributed by atoms with Gasteiger partial charge in [0, 0.05) is 5.92 Å². The predicted molar refractivity (Wildman–Crippen MR) is 59.5 cm³/mol. The van der Waals surface area contributed by atoms with Crippen LogP contribution < -0.4 is 4.74 Å². The molecular formula is C11H11BrO3. The molecule has 0 bridgehead atoms. The standard InChI is InChI=1S/C11H11BrO3/c12-10(7-4-5-7)15-9-3-1-2-8(6-9)11(13)14/h1-3,6-7,10H,4-5H2,(H,13,14). The molecule has 2 rings (SSSR count). The van der Waals surface area contributed by atoms with Gasteiger partial charge in [-0.3, -0.25) is 0 Å². The number of alkyl halides is 1. The Hall–Kier alpha value is -1.03. The molecule has 1 aliphatic rings. The quantitative estimate of drug-likeness (QED) is 0.856. The van der Waals surface area contributed by atoms with Gasteiger partial charge in [-0.1, -0.05) is 6.07 Å². The highest BCUT2D eigenvalue weighted by molar-refractivity contribution is 9.09. The first-order valence-electron chi connectivity index (χ1n) is 4.81. The fraction of sp³-hybridized carbons (Fsp3) is 0.364. The molecule has 0 heterocycles. The van der Waals surface area contributed by atoms with Crippen LogP contribution in [0.4, 0.5) is 0 Å². The Morgan fingerprint density at radius 1 is 1.53 bits per heavy atom. The number of carbonyl (C=O) groups is 1. The number of carboxylic acid groups (broad SMARTS) is 1. The van der Waals surface area contributed by atoms with Crippen molar-refractivity contribution in [3.05, 3.63) is 29.8 Å². The highest BCUT2D eigenvalue weighted by Gasteiger charge is 2.30. The Kier molecular flexibility index (Phi) is 2.95. The summed E-state index contributed by atoms with van der Waals surface area (Å²) in [4.78, 5) is 10.7. The largest absolute Gasteiger partial charge is 0.479 e. The van der Waals surface area contributed by atoms with Crippen molar-refractivity contribution in [3.8, 4) is 5.75 Å². The minimum absolute atomic E-state index is 0.00143. The van der Waals surface area contributed by atoms with Crippen molar-refractivity contribution in [2.75, 3.05) is 0 Å². The van der Waals surface area contributed by atoms with Crippen molar-refractivity contribution in [3.63, 3.8) is 0 Å². The summed E-state index contributed by atoms with van der Waals surface area (Å²) in [5.74, 6) is 0.236. The topological polar surface area (TPSA) is 46.5 Å². The molecule has 0 saturated heterocycles. The number of carboxylic acids is 1. The van der Waals surface area contributed by atoms with Gasteiger partial charge in [-0.15, -0.1) is 0 Å². The van der Waals surface area contributed by atoms with Gasteiger partial charge in [-0.25, -0.2) is 4.79 Å². The highest BCUT2D eigenvalue weighted by atomic mass is 79.9. The second-order valence-corrected chi connectivity index (χ2v) is 4.54. The Morgan fingerprint density at radius 3 is 2.87 bits per heavy atom. The van der Waals surface area contributed by atoms with E-state index >= 15 is 0 Å². The molecule has 1 N–H and O–H groups in total. The van der Waals surface area contributed by atoms with Gasteiger partial charge >= 0.3 is 5.97 Å². The fourth-order valence-corrected chi connectivity index (χ4v) is 2.03. The van der Waals surface area contributed by atoms with Crippen LogP contribution in [-0.4, -0.2) is 16.1 Å². The average molecular weight is 271 g/mol. The molecular weight excluding hydrogens is 260 g/mol. The smallest absolute Gasteiger partial charge is 0.335 e. The van der Waals surface area contributed by atoms with Crippen molar-refractivity contribution in [2.45, 2.75) is 17.9 Å². The number of benzene rings is 1. The van der Waals surface area contributed by atoms with E-state index in [1.165, 1.54) is 12.8 Å². The molecule has 1 aromatic carbocycles. The van der Waals surface area contributed by atoms with E-state index in [2.05, 4.69) is 15.9 Å². The van der Waals surface area contributed by atoms with Crippen LogP contribution in [0.15, 0.2) is 24.3 Å². The van der Waals surface area contributed by atoms with E-state index in [0.29, 0.717) is 11.7 Å². The zero-order valence-electron chi connectivity index (χ0n) is 8.02. The molecule has 1 saturated carbocycles. The first kappa shape index (κ1) is 10.5. The molecule has 1 aliphatic carbocycles. The van der Waals surface area contributed by atoms with Gasteiger partial charge in [0.25, 0.3) is 0 Å². The third-order valence-corrected chi connectivity index (χ3v) is 3.26. The molecule has 3 nitrogen and oxygen atoms in total. The predicted octanol–water partition coefficient (Wildman–Crippen LogP) is 2.89. The van der Waals surface area contributed by atoms with Crippen molar-refractivity contribution >= 4 is 21.9 Å². The second kappa shape index (κ2) is 4.23. The van der Waals surface area contributed by atoms with Gasteiger partial charge in [0.05, 0.1) is 5.56 Å². The maximum absolute atomic E-state index is 10.7. The lowest BCUT2D eigenvalue weighted by Gasteiger charge is -2.12. The van der Waals surface area contributed by atoms with E-state index in [0.717, 1.165) is 0 Å². The van der Waals surface area contributed by atoms with E-state index in [9.17, 15) is 4.79 Å². The van der Waals surface area contributed by atoms with Crippen LogP contribution >= 0.6 is 15.9 Å². The van der Waals surface area contributed by atoms with Crippen LogP contribution in [0.1, 0.15) is 23.2 Å². The summed E-state index contributed by atoms with van der Waals surface area (Å²) in [5, 5.41) is 8.80. The van der Waals surface area contributed by atoms with Gasteiger partial charge in [-0.05, 0) is 47.0 Å². The maximum Gasteiger partial charge on any atom is 0.335 e. The van der Waals surface area contributed by atoms with Gasteiger partial charge in [0.2, 0.25) is 0 Å². The molecule has 4 heteroatoms. The summed E-state index contributed by atoms with van der Waals surface area (Å²) in [7, 11) is 0. The Bertz CT molecular complexity index is 374. The molecule has 0 amide bonds. The normalized spacial score (nSPS) is 17.1. The molecule has 80 valence electrons. The van der Waals surface area contributed by atoms with Gasteiger partial charge in [0.15, 0.2) is 5.01 Å². The molecule has 1 unspecified atom stereocenters. The second-order valence-electron chi connectivity index (χ2n) is 3.64. The zero-order chi connectivity index (χ0) is 10.8. The molecule has 0 aliphatic heterocycles. The summed E-state index contributed by atoms with van der Waals surface area (Å²) in [6, 6.07) is 6.54. The number of aromatic carboxylic acids is 1. The molecule has 15 heavy (non-hydrogen) atoms. The number of ether oxygens (including phenoxy) is 1. The molecule has 1 aromatic rings. The molecule has 1 atom stereocenters. The Balaban J connectivity index is 2.07. The molecule has 0 radical (unpaired) electrons. The fourth-order valence-electron chi connectivity index (χ4n) is 1.29. The molecule has 0 spiro atoms. The zero-order valence-corrected chi connectivity index (χ0v) is 9.61. The van der Waals surface area contributed by atoms with Gasteiger partial charge in [-0.2, -0.15) is 0 Å². The summed E-state index contributed by atoms with van der Waals surface area (Å²) in [5.41, 5.74) is 0.253. The third kappa shape index (κ3) is 2.72. The summed E-state index contributed by atoms with van der Waals surface area (Å²) in [6.45, 7) is 0. The number of hydrogen-bond donors (Lipinski definition) is 1.